The fourth-order valence-corrected chi connectivity index (χ4v) is 7.41. The number of hydrogen-bond donors (Lipinski definition) is 1. The molecule has 0 saturated carbocycles. The van der Waals surface area contributed by atoms with E-state index in [1.807, 2.05) is 0 Å². The summed E-state index contributed by atoms with van der Waals surface area (Å²) < 4.78 is 28.8. The fraction of sp³-hybridized carbons (Fsp3) is 0.400. The van der Waals surface area contributed by atoms with Gasteiger partial charge in [-0.05, 0) is 12.1 Å². The number of sulfone groups is 1. The van der Waals surface area contributed by atoms with Gasteiger partial charge in [0.05, 0.1) is 33.3 Å². The van der Waals surface area contributed by atoms with Gasteiger partial charge in [-0.2, -0.15) is 4.99 Å². The highest BCUT2D eigenvalue weighted by Gasteiger charge is 2.50. The molecular formula is C15H14Cl2N2O6S2. The van der Waals surface area contributed by atoms with E-state index in [-0.39, 0.29) is 21.9 Å². The van der Waals surface area contributed by atoms with Crippen LogP contribution in [0.3, 0.4) is 0 Å². The van der Waals surface area contributed by atoms with Crippen LogP contribution in [0.5, 0.6) is 0 Å². The SMILES string of the molecule is O=C(O)COCC(=O)N=C1SC2CS(=O)(=O)CC2N1c1c(Cl)cccc1Cl. The van der Waals surface area contributed by atoms with Gasteiger partial charge in [-0.3, -0.25) is 4.79 Å². The monoisotopic (exact) mass is 452 g/mol. The minimum atomic E-state index is -3.23. The molecule has 0 bridgehead atoms. The smallest absolute Gasteiger partial charge is 0.329 e. The van der Waals surface area contributed by atoms with E-state index < -0.39 is 41.0 Å². The molecule has 2 fully saturated rings. The molecule has 2 heterocycles. The summed E-state index contributed by atoms with van der Waals surface area (Å²) in [6, 6.07) is 4.42. The van der Waals surface area contributed by atoms with E-state index in [4.69, 9.17) is 33.0 Å². The highest BCUT2D eigenvalue weighted by atomic mass is 35.5. The molecule has 3 rings (SSSR count). The van der Waals surface area contributed by atoms with Crippen LogP contribution in [0.25, 0.3) is 0 Å². The molecule has 27 heavy (non-hydrogen) atoms. The van der Waals surface area contributed by atoms with Crippen LogP contribution in [0.15, 0.2) is 23.2 Å². The molecule has 0 aliphatic carbocycles. The number of amidine groups is 1. The third-order valence-corrected chi connectivity index (χ3v) is 7.74. The zero-order valence-corrected chi connectivity index (χ0v) is 16.8. The van der Waals surface area contributed by atoms with Crippen molar-refractivity contribution in [3.8, 4) is 0 Å². The first kappa shape index (κ1) is 20.4. The van der Waals surface area contributed by atoms with Crippen LogP contribution in [0.4, 0.5) is 5.69 Å². The maximum absolute atomic E-state index is 12.0. The molecule has 1 amide bonds. The first-order valence-corrected chi connectivity index (χ1v) is 11.1. The third kappa shape index (κ3) is 4.57. The number of fused-ring (bicyclic) bond motifs is 1. The van der Waals surface area contributed by atoms with Crippen LogP contribution in [-0.4, -0.2) is 66.6 Å². The number of carboxylic acids is 1. The highest BCUT2D eigenvalue weighted by Crippen LogP contribution is 2.45. The second kappa shape index (κ2) is 7.96. The van der Waals surface area contributed by atoms with Crippen molar-refractivity contribution in [2.45, 2.75) is 11.3 Å². The van der Waals surface area contributed by atoms with Gasteiger partial charge >= 0.3 is 5.97 Å². The minimum absolute atomic E-state index is 0.0381. The van der Waals surface area contributed by atoms with Crippen molar-refractivity contribution in [3.05, 3.63) is 28.2 Å². The molecule has 2 saturated heterocycles. The molecule has 2 aliphatic heterocycles. The summed E-state index contributed by atoms with van der Waals surface area (Å²) in [6.07, 6.45) is 0. The lowest BCUT2D eigenvalue weighted by atomic mass is 10.2. The van der Waals surface area contributed by atoms with E-state index in [0.717, 1.165) is 11.8 Å². The first-order chi connectivity index (χ1) is 12.7. The standard InChI is InChI=1S/C15H14Cl2N2O6S2/c16-8-2-1-3-9(17)14(8)19-10-6-27(23,24)7-11(10)26-15(19)18-12(20)4-25-5-13(21)22/h1-3,10-11H,4-7H2,(H,21,22). The lowest BCUT2D eigenvalue weighted by Crippen LogP contribution is -2.38. The molecule has 0 aromatic heterocycles. The molecular weight excluding hydrogens is 439 g/mol. The Hall–Kier alpha value is -1.33. The zero-order valence-electron chi connectivity index (χ0n) is 13.7. The van der Waals surface area contributed by atoms with Crippen LogP contribution >= 0.6 is 35.0 Å². The summed E-state index contributed by atoms with van der Waals surface area (Å²) in [4.78, 5) is 28.1. The predicted molar refractivity (Wildman–Crippen MR) is 104 cm³/mol. The zero-order chi connectivity index (χ0) is 19.8. The number of benzene rings is 1. The number of carbonyl (C=O) groups excluding carboxylic acids is 1. The van der Waals surface area contributed by atoms with E-state index in [1.54, 1.807) is 23.1 Å². The van der Waals surface area contributed by atoms with Crippen molar-refractivity contribution in [3.63, 3.8) is 0 Å². The summed E-state index contributed by atoms with van der Waals surface area (Å²) >= 11 is 13.7. The number of aliphatic carboxylic acids is 1. The second-order valence-electron chi connectivity index (χ2n) is 5.92. The summed E-state index contributed by atoms with van der Waals surface area (Å²) in [6.45, 7) is -1.12. The summed E-state index contributed by atoms with van der Waals surface area (Å²) in [5.74, 6) is -2.02. The highest BCUT2D eigenvalue weighted by molar-refractivity contribution is 8.16. The van der Waals surface area contributed by atoms with Crippen LogP contribution in [0.1, 0.15) is 0 Å². The summed E-state index contributed by atoms with van der Waals surface area (Å²) in [5.41, 5.74) is 0.385. The normalized spacial score (nSPS) is 25.0. The Balaban J connectivity index is 1.92. The molecule has 8 nitrogen and oxygen atoms in total. The Morgan fingerprint density at radius 2 is 1.93 bits per heavy atom. The van der Waals surface area contributed by atoms with E-state index in [9.17, 15) is 18.0 Å². The molecule has 2 unspecified atom stereocenters. The average molecular weight is 453 g/mol. The Kier molecular flexibility index (Phi) is 6.02. The quantitative estimate of drug-likeness (QED) is 0.717. The Morgan fingerprint density at radius 1 is 1.26 bits per heavy atom. The van der Waals surface area contributed by atoms with E-state index in [1.165, 1.54) is 0 Å². The van der Waals surface area contributed by atoms with Gasteiger partial charge < -0.3 is 14.7 Å². The number of rotatable bonds is 5. The van der Waals surface area contributed by atoms with Gasteiger partial charge in [-0.1, -0.05) is 41.0 Å². The van der Waals surface area contributed by atoms with Gasteiger partial charge in [0.15, 0.2) is 15.0 Å². The van der Waals surface area contributed by atoms with Gasteiger partial charge in [0.25, 0.3) is 5.91 Å². The average Bonchev–Trinajstić information content (AvgIpc) is 2.99. The van der Waals surface area contributed by atoms with E-state index in [2.05, 4.69) is 4.99 Å². The van der Waals surface area contributed by atoms with Crippen molar-refractivity contribution in [2.75, 3.05) is 29.6 Å². The van der Waals surface area contributed by atoms with Crippen LogP contribution < -0.4 is 4.90 Å². The summed E-state index contributed by atoms with van der Waals surface area (Å²) in [7, 11) is -3.23. The second-order valence-corrected chi connectivity index (χ2v) is 10.1. The van der Waals surface area contributed by atoms with E-state index >= 15 is 0 Å². The fourth-order valence-electron chi connectivity index (χ4n) is 2.91. The number of thioether (sulfide) groups is 1. The number of anilines is 1. The Bertz CT molecular complexity index is 901. The number of halogens is 2. The van der Waals surface area contributed by atoms with Gasteiger partial charge in [0.1, 0.15) is 13.2 Å². The molecule has 12 heteroatoms. The van der Waals surface area contributed by atoms with Crippen LogP contribution in [0.2, 0.25) is 10.0 Å². The lowest BCUT2D eigenvalue weighted by Gasteiger charge is -2.26. The topological polar surface area (TPSA) is 113 Å². The van der Waals surface area contributed by atoms with Crippen molar-refractivity contribution in [1.82, 2.24) is 0 Å². The largest absolute Gasteiger partial charge is 0.480 e. The number of para-hydroxylation sites is 1. The number of amides is 1. The van der Waals surface area contributed by atoms with Crippen molar-refractivity contribution in [1.29, 1.82) is 0 Å². The molecule has 2 atom stereocenters. The van der Waals surface area contributed by atoms with Gasteiger partial charge in [0.2, 0.25) is 0 Å². The van der Waals surface area contributed by atoms with Crippen LogP contribution in [-0.2, 0) is 24.2 Å². The Morgan fingerprint density at radius 3 is 2.56 bits per heavy atom. The van der Waals surface area contributed by atoms with Crippen LogP contribution in [0, 0.1) is 0 Å². The number of hydrogen-bond acceptors (Lipinski definition) is 6. The minimum Gasteiger partial charge on any atom is -0.480 e. The number of nitrogens with zero attached hydrogens (tertiary/aromatic N) is 2. The molecule has 1 aromatic rings. The number of aliphatic imine (C=N–C) groups is 1. The Labute approximate surface area is 169 Å². The molecule has 1 N–H and O–H groups in total. The lowest BCUT2D eigenvalue weighted by molar-refractivity contribution is -0.143. The van der Waals surface area contributed by atoms with Gasteiger partial charge in [-0.25, -0.2) is 13.2 Å². The van der Waals surface area contributed by atoms with Gasteiger partial charge in [-0.15, -0.1) is 0 Å². The maximum atomic E-state index is 12.0. The third-order valence-electron chi connectivity index (χ3n) is 3.92. The first-order valence-electron chi connectivity index (χ1n) is 7.69. The summed E-state index contributed by atoms with van der Waals surface area (Å²) in [5, 5.41) is 9.10. The number of ether oxygens (including phenoxy) is 1. The van der Waals surface area contributed by atoms with Crippen molar-refractivity contribution in [2.24, 2.45) is 4.99 Å². The molecule has 0 radical (unpaired) electrons. The molecule has 1 aromatic carbocycles. The molecule has 146 valence electrons. The number of carbonyl (C=O) groups is 2. The molecule has 2 aliphatic rings. The van der Waals surface area contributed by atoms with Crippen molar-refractivity contribution < 1.29 is 27.9 Å². The predicted octanol–water partition coefficient (Wildman–Crippen LogP) is 1.70. The van der Waals surface area contributed by atoms with Gasteiger partial charge in [0, 0.05) is 5.25 Å². The maximum Gasteiger partial charge on any atom is 0.329 e. The molecule has 0 spiro atoms. The number of carboxylic acid groups (broad SMARTS) is 1. The van der Waals surface area contributed by atoms with E-state index in [0.29, 0.717) is 15.7 Å². The van der Waals surface area contributed by atoms with Crippen molar-refractivity contribution >= 4 is 67.5 Å².